The van der Waals surface area contributed by atoms with Crippen molar-refractivity contribution in [3.8, 4) is 6.07 Å². The minimum atomic E-state index is -4.27. The van der Waals surface area contributed by atoms with Gasteiger partial charge in [0.05, 0.1) is 16.3 Å². The molecule has 0 unspecified atom stereocenters. The molecule has 0 aliphatic heterocycles. The lowest BCUT2D eigenvalue weighted by Crippen LogP contribution is -2.61. The summed E-state index contributed by atoms with van der Waals surface area (Å²) < 4.78 is 70.0. The first kappa shape index (κ1) is 22.9. The molecule has 1 amide bonds. The number of nitriles is 1. The second-order valence-corrected chi connectivity index (χ2v) is 9.35. The maximum absolute atomic E-state index is 13.4. The third kappa shape index (κ3) is 4.95. The summed E-state index contributed by atoms with van der Waals surface area (Å²) in [6, 6.07) is 5.03. The van der Waals surface area contributed by atoms with E-state index in [9.17, 15) is 26.4 Å². The van der Waals surface area contributed by atoms with E-state index in [1.807, 2.05) is 0 Å². The molecule has 1 aliphatic rings. The lowest BCUT2D eigenvalue weighted by molar-refractivity contribution is -0.121. The molecule has 1 saturated carbocycles. The van der Waals surface area contributed by atoms with Gasteiger partial charge < -0.3 is 9.88 Å². The van der Waals surface area contributed by atoms with E-state index in [1.165, 1.54) is 30.8 Å². The van der Waals surface area contributed by atoms with Crippen LogP contribution in [0.25, 0.3) is 0 Å². The van der Waals surface area contributed by atoms with Gasteiger partial charge in [-0.3, -0.25) is 9.52 Å². The van der Waals surface area contributed by atoms with E-state index in [1.54, 1.807) is 6.07 Å². The highest BCUT2D eigenvalue weighted by Gasteiger charge is 2.55. The minimum Gasteiger partial charge on any atom is -0.343 e. The summed E-state index contributed by atoms with van der Waals surface area (Å²) in [6.07, 6.45) is -0.0432. The number of carbonyl (C=O) groups excluding carboxylic acids is 1. The number of rotatable bonds is 6. The summed E-state index contributed by atoms with van der Waals surface area (Å²) in [4.78, 5) is 12.6. The number of aryl methyl sites for hydroxylation is 1. The van der Waals surface area contributed by atoms with Crippen LogP contribution in [-0.2, 0) is 17.3 Å². The fraction of sp³-hybridized carbons (Fsp3) is 0.333. The third-order valence-electron chi connectivity index (χ3n) is 4.60. The van der Waals surface area contributed by atoms with E-state index in [0.29, 0.717) is 0 Å². The Hall–Kier alpha value is -2.75. The van der Waals surface area contributed by atoms with Crippen molar-refractivity contribution in [1.82, 2.24) is 9.29 Å². The average Bonchev–Trinajstić information content (AvgIpc) is 2.86. The van der Waals surface area contributed by atoms with E-state index >= 15 is 0 Å². The fourth-order valence-electron chi connectivity index (χ4n) is 3.46. The number of alkyl halides is 2. The molecule has 1 aliphatic carbocycles. The van der Waals surface area contributed by atoms with Crippen molar-refractivity contribution in [1.29, 1.82) is 5.26 Å². The van der Waals surface area contributed by atoms with Crippen molar-refractivity contribution in [3.63, 3.8) is 0 Å². The van der Waals surface area contributed by atoms with E-state index in [0.717, 1.165) is 12.1 Å². The molecule has 0 bridgehead atoms. The van der Waals surface area contributed by atoms with Gasteiger partial charge in [0, 0.05) is 37.3 Å². The standard InChI is InChI=1S/C18H17ClF3N5O3S/c1-17(8-18(21,22)9-17)26-31(29,30)25-13-7-27(2)15(14(13)19)16(28)24-11-3-4-12(20)10(5-11)6-23/h3-5,7,25-26H,8-9H2,1-2H3,(H,24,28). The Morgan fingerprint density at radius 1 is 1.32 bits per heavy atom. The van der Waals surface area contributed by atoms with Crippen LogP contribution in [0, 0.1) is 17.1 Å². The maximum Gasteiger partial charge on any atom is 0.299 e. The van der Waals surface area contributed by atoms with Gasteiger partial charge >= 0.3 is 0 Å². The van der Waals surface area contributed by atoms with Gasteiger partial charge in [-0.2, -0.15) is 18.4 Å². The number of benzene rings is 1. The number of hydrogen-bond acceptors (Lipinski definition) is 4. The van der Waals surface area contributed by atoms with E-state index in [2.05, 4.69) is 14.8 Å². The van der Waals surface area contributed by atoms with E-state index in [4.69, 9.17) is 16.9 Å². The summed E-state index contributed by atoms with van der Waals surface area (Å²) in [5.41, 5.74) is -1.72. The van der Waals surface area contributed by atoms with Crippen molar-refractivity contribution in [2.24, 2.45) is 7.05 Å². The molecule has 31 heavy (non-hydrogen) atoms. The Labute approximate surface area is 181 Å². The Bertz CT molecular complexity index is 1200. The van der Waals surface area contributed by atoms with Gasteiger partial charge in [0.1, 0.15) is 17.6 Å². The number of hydrogen-bond donors (Lipinski definition) is 3. The van der Waals surface area contributed by atoms with Crippen LogP contribution in [0.15, 0.2) is 24.4 Å². The zero-order valence-electron chi connectivity index (χ0n) is 16.3. The molecule has 0 spiro atoms. The van der Waals surface area contributed by atoms with Gasteiger partial charge in [-0.15, -0.1) is 0 Å². The number of nitrogens with one attached hydrogen (secondary N) is 3. The second kappa shape index (κ2) is 7.74. The largest absolute Gasteiger partial charge is 0.343 e. The number of carbonyl (C=O) groups is 1. The third-order valence-corrected chi connectivity index (χ3v) is 6.24. The van der Waals surface area contributed by atoms with Gasteiger partial charge in [-0.1, -0.05) is 11.6 Å². The van der Waals surface area contributed by atoms with Crippen LogP contribution in [-0.4, -0.2) is 30.4 Å². The summed E-state index contributed by atoms with van der Waals surface area (Å²) in [5, 5.41) is 11.1. The highest BCUT2D eigenvalue weighted by atomic mass is 35.5. The topological polar surface area (TPSA) is 116 Å². The van der Waals surface area contributed by atoms with Crippen molar-refractivity contribution in [3.05, 3.63) is 46.5 Å². The van der Waals surface area contributed by atoms with Crippen LogP contribution in [0.1, 0.15) is 35.8 Å². The van der Waals surface area contributed by atoms with E-state index in [-0.39, 0.29) is 27.7 Å². The molecule has 1 heterocycles. The van der Waals surface area contributed by atoms with Crippen LogP contribution in [0.4, 0.5) is 24.5 Å². The molecule has 0 saturated heterocycles. The molecule has 0 atom stereocenters. The highest BCUT2D eigenvalue weighted by Crippen LogP contribution is 2.45. The zero-order valence-corrected chi connectivity index (χ0v) is 17.8. The number of halogens is 4. The Morgan fingerprint density at radius 3 is 2.55 bits per heavy atom. The first-order valence-electron chi connectivity index (χ1n) is 8.80. The molecule has 1 aromatic carbocycles. The number of aromatic nitrogens is 1. The predicted molar refractivity (Wildman–Crippen MR) is 108 cm³/mol. The Kier molecular flexibility index (Phi) is 5.72. The molecule has 13 heteroatoms. The minimum absolute atomic E-state index is 0.122. The van der Waals surface area contributed by atoms with Crippen molar-refractivity contribution < 1.29 is 26.4 Å². The summed E-state index contributed by atoms with van der Waals surface area (Å²) in [7, 11) is -2.83. The second-order valence-electron chi connectivity index (χ2n) is 7.55. The molecular formula is C18H17ClF3N5O3S. The van der Waals surface area contributed by atoms with Gasteiger partial charge in [0.15, 0.2) is 0 Å². The van der Waals surface area contributed by atoms with Gasteiger partial charge in [0.25, 0.3) is 22.0 Å². The molecule has 3 N–H and O–H groups in total. The molecule has 8 nitrogen and oxygen atoms in total. The van der Waals surface area contributed by atoms with Crippen LogP contribution in [0.3, 0.4) is 0 Å². The summed E-state index contributed by atoms with van der Waals surface area (Å²) >= 11 is 6.18. The fourth-order valence-corrected chi connectivity index (χ4v) is 5.12. The van der Waals surface area contributed by atoms with Gasteiger partial charge in [-0.05, 0) is 25.1 Å². The van der Waals surface area contributed by atoms with Crippen molar-refractivity contribution in [2.45, 2.75) is 31.2 Å². The number of nitrogens with zero attached hydrogens (tertiary/aromatic N) is 2. The predicted octanol–water partition coefficient (Wildman–Crippen LogP) is 3.38. The quantitative estimate of drug-likeness (QED) is 0.594. The molecule has 1 aromatic heterocycles. The van der Waals surface area contributed by atoms with Crippen LogP contribution in [0.5, 0.6) is 0 Å². The first-order valence-corrected chi connectivity index (χ1v) is 10.7. The molecule has 2 aromatic rings. The summed E-state index contributed by atoms with van der Waals surface area (Å²) in [6.45, 7) is 1.35. The lowest BCUT2D eigenvalue weighted by Gasteiger charge is -2.44. The van der Waals surface area contributed by atoms with E-state index < -0.39 is 46.2 Å². The lowest BCUT2D eigenvalue weighted by atomic mass is 9.76. The van der Waals surface area contributed by atoms with Crippen molar-refractivity contribution >= 4 is 39.1 Å². The summed E-state index contributed by atoms with van der Waals surface area (Å²) in [5.74, 6) is -4.43. The highest BCUT2D eigenvalue weighted by molar-refractivity contribution is 7.90. The molecule has 3 rings (SSSR count). The normalized spacial score (nSPS) is 16.8. The van der Waals surface area contributed by atoms with Crippen LogP contribution in [0.2, 0.25) is 5.02 Å². The average molecular weight is 476 g/mol. The molecule has 0 radical (unpaired) electrons. The monoisotopic (exact) mass is 475 g/mol. The molecular weight excluding hydrogens is 459 g/mol. The van der Waals surface area contributed by atoms with Crippen LogP contribution < -0.4 is 14.8 Å². The first-order chi connectivity index (χ1) is 14.2. The Morgan fingerprint density at radius 2 is 1.97 bits per heavy atom. The SMILES string of the molecule is Cn1cc(NS(=O)(=O)NC2(C)CC(F)(F)C2)c(Cl)c1C(=O)Nc1ccc(F)c(C#N)c1. The van der Waals surface area contributed by atoms with Crippen LogP contribution >= 0.6 is 11.6 Å². The van der Waals surface area contributed by atoms with Crippen molar-refractivity contribution in [2.75, 3.05) is 10.0 Å². The maximum atomic E-state index is 13.4. The number of anilines is 2. The van der Waals surface area contributed by atoms with Gasteiger partial charge in [-0.25, -0.2) is 13.2 Å². The smallest absolute Gasteiger partial charge is 0.299 e. The van der Waals surface area contributed by atoms with Gasteiger partial charge in [0.2, 0.25) is 0 Å². The zero-order chi connectivity index (χ0) is 23.2. The number of amides is 1. The Balaban J connectivity index is 1.77. The molecule has 166 valence electrons. The molecule has 1 fully saturated rings.